The van der Waals surface area contributed by atoms with Crippen LogP contribution in [0.5, 0.6) is 0 Å². The highest BCUT2D eigenvalue weighted by Gasteiger charge is 2.33. The fourth-order valence-electron chi connectivity index (χ4n) is 5.07. The molecule has 2 aromatic carbocycles. The van der Waals surface area contributed by atoms with Crippen molar-refractivity contribution < 1.29 is 14.0 Å². The van der Waals surface area contributed by atoms with Gasteiger partial charge in [0, 0.05) is 36.2 Å². The number of hydrogen-bond donors (Lipinski definition) is 1. The summed E-state index contributed by atoms with van der Waals surface area (Å²) < 4.78 is 5.82. The smallest absolute Gasteiger partial charge is 0.253 e. The quantitative estimate of drug-likeness (QED) is 0.630. The number of oxazole rings is 1. The van der Waals surface area contributed by atoms with Gasteiger partial charge in [0.2, 0.25) is 11.8 Å². The highest BCUT2D eigenvalue weighted by molar-refractivity contribution is 5.94. The summed E-state index contributed by atoms with van der Waals surface area (Å²) in [5, 5.41) is 3.23. The van der Waals surface area contributed by atoms with Gasteiger partial charge in [-0.25, -0.2) is 4.98 Å². The highest BCUT2D eigenvalue weighted by Crippen LogP contribution is 2.29. The van der Waals surface area contributed by atoms with Gasteiger partial charge in [-0.1, -0.05) is 25.0 Å². The van der Waals surface area contributed by atoms with Crippen LogP contribution >= 0.6 is 0 Å². The summed E-state index contributed by atoms with van der Waals surface area (Å²) in [4.78, 5) is 31.8. The second-order valence-corrected chi connectivity index (χ2v) is 9.13. The van der Waals surface area contributed by atoms with Crippen molar-refractivity contribution in [1.29, 1.82) is 0 Å². The Morgan fingerprint density at radius 2 is 1.75 bits per heavy atom. The lowest BCUT2D eigenvalue weighted by molar-refractivity contribution is -0.125. The molecule has 2 aliphatic rings. The fourth-order valence-corrected chi connectivity index (χ4v) is 5.07. The first-order valence-corrected chi connectivity index (χ1v) is 11.6. The van der Waals surface area contributed by atoms with E-state index in [2.05, 4.69) is 10.3 Å². The molecule has 0 aliphatic heterocycles. The number of carbonyl (C=O) groups excluding carboxylic acids is 2. The molecule has 0 radical (unpaired) electrons. The van der Waals surface area contributed by atoms with Crippen LogP contribution in [-0.2, 0) is 4.79 Å². The van der Waals surface area contributed by atoms with Gasteiger partial charge in [0.25, 0.3) is 5.91 Å². The second kappa shape index (κ2) is 8.77. The normalized spacial score (nSPS) is 21.2. The number of para-hydroxylation sites is 2. The third kappa shape index (κ3) is 4.14. The number of amides is 2. The van der Waals surface area contributed by atoms with Crippen molar-refractivity contribution >= 4 is 22.9 Å². The van der Waals surface area contributed by atoms with Crippen LogP contribution in [0.1, 0.15) is 55.3 Å². The van der Waals surface area contributed by atoms with Crippen LogP contribution < -0.4 is 5.32 Å². The lowest BCUT2D eigenvalue weighted by atomic mass is 10.1. The van der Waals surface area contributed by atoms with Crippen molar-refractivity contribution in [2.24, 2.45) is 5.92 Å². The summed E-state index contributed by atoms with van der Waals surface area (Å²) >= 11 is 0. The van der Waals surface area contributed by atoms with Gasteiger partial charge in [-0.05, 0) is 68.5 Å². The van der Waals surface area contributed by atoms with Crippen LogP contribution in [0.25, 0.3) is 22.6 Å². The molecule has 2 amide bonds. The molecule has 0 unspecified atom stereocenters. The number of nitrogens with one attached hydrogen (secondary N) is 1. The third-order valence-electron chi connectivity index (χ3n) is 7.02. The summed E-state index contributed by atoms with van der Waals surface area (Å²) in [6.45, 7) is 0. The first-order chi connectivity index (χ1) is 15.6. The van der Waals surface area contributed by atoms with Gasteiger partial charge >= 0.3 is 0 Å². The topological polar surface area (TPSA) is 75.4 Å². The number of nitrogens with zero attached hydrogens (tertiary/aromatic N) is 2. The molecule has 6 heteroatoms. The van der Waals surface area contributed by atoms with Gasteiger partial charge in [-0.15, -0.1) is 0 Å². The molecule has 1 N–H and O–H groups in total. The average Bonchev–Trinajstić information content (AvgIpc) is 3.58. The summed E-state index contributed by atoms with van der Waals surface area (Å²) in [5.74, 6) is 0.946. The number of benzene rings is 2. The zero-order chi connectivity index (χ0) is 22.1. The van der Waals surface area contributed by atoms with Crippen molar-refractivity contribution in [1.82, 2.24) is 15.2 Å². The Morgan fingerprint density at radius 3 is 2.50 bits per heavy atom. The molecule has 2 atom stereocenters. The molecule has 166 valence electrons. The van der Waals surface area contributed by atoms with Gasteiger partial charge in [0.15, 0.2) is 5.58 Å². The number of hydrogen-bond acceptors (Lipinski definition) is 4. The van der Waals surface area contributed by atoms with Gasteiger partial charge in [-0.3, -0.25) is 9.59 Å². The molecule has 5 rings (SSSR count). The zero-order valence-corrected chi connectivity index (χ0v) is 18.4. The first kappa shape index (κ1) is 20.7. The van der Waals surface area contributed by atoms with E-state index >= 15 is 0 Å². The minimum absolute atomic E-state index is 0.00175. The van der Waals surface area contributed by atoms with Crippen molar-refractivity contribution in [3.63, 3.8) is 0 Å². The van der Waals surface area contributed by atoms with Crippen LogP contribution in [-0.4, -0.2) is 40.8 Å². The maximum absolute atomic E-state index is 13.1. The largest absolute Gasteiger partial charge is 0.436 e. The van der Waals surface area contributed by atoms with E-state index in [1.807, 2.05) is 60.5 Å². The van der Waals surface area contributed by atoms with Crippen molar-refractivity contribution in [3.8, 4) is 11.5 Å². The molecule has 32 heavy (non-hydrogen) atoms. The monoisotopic (exact) mass is 431 g/mol. The number of aromatic nitrogens is 1. The van der Waals surface area contributed by atoms with E-state index in [0.29, 0.717) is 11.5 Å². The number of carbonyl (C=O) groups is 2. The van der Waals surface area contributed by atoms with Gasteiger partial charge in [0.1, 0.15) is 5.52 Å². The predicted molar refractivity (Wildman–Crippen MR) is 123 cm³/mol. The Balaban J connectivity index is 1.20. The van der Waals surface area contributed by atoms with Crippen LogP contribution in [0.15, 0.2) is 52.9 Å². The van der Waals surface area contributed by atoms with Crippen molar-refractivity contribution in [3.05, 3.63) is 54.1 Å². The second-order valence-electron chi connectivity index (χ2n) is 9.13. The lowest BCUT2D eigenvalue weighted by Crippen LogP contribution is -2.40. The molecule has 2 fully saturated rings. The van der Waals surface area contributed by atoms with E-state index in [4.69, 9.17) is 4.42 Å². The Morgan fingerprint density at radius 1 is 1.00 bits per heavy atom. The van der Waals surface area contributed by atoms with Crippen LogP contribution in [0.3, 0.4) is 0 Å². The Kier molecular flexibility index (Phi) is 5.68. The zero-order valence-electron chi connectivity index (χ0n) is 18.4. The molecule has 0 spiro atoms. The summed E-state index contributed by atoms with van der Waals surface area (Å²) in [6.07, 6.45) is 7.01. The molecule has 0 bridgehead atoms. The van der Waals surface area contributed by atoms with E-state index in [9.17, 15) is 9.59 Å². The summed E-state index contributed by atoms with van der Waals surface area (Å²) in [5.41, 5.74) is 3.05. The van der Waals surface area contributed by atoms with Crippen LogP contribution in [0.2, 0.25) is 0 Å². The van der Waals surface area contributed by atoms with E-state index in [1.54, 1.807) is 0 Å². The molecule has 3 aromatic rings. The predicted octanol–water partition coefficient (Wildman–Crippen LogP) is 4.79. The lowest BCUT2D eigenvalue weighted by Gasteiger charge is -2.25. The SMILES string of the molecule is CN(C(=O)c1ccc(-c2nc3ccccc3o2)cc1)[C@@H]1CC[C@@H](NC(=O)C2CCCC2)C1. The molecular formula is C26H29N3O3. The Bertz CT molecular complexity index is 1080. The van der Waals surface area contributed by atoms with Crippen LogP contribution in [0.4, 0.5) is 0 Å². The fraction of sp³-hybridized carbons (Fsp3) is 0.423. The molecule has 6 nitrogen and oxygen atoms in total. The van der Waals surface area contributed by atoms with E-state index in [1.165, 1.54) is 0 Å². The minimum atomic E-state index is 0.00175. The minimum Gasteiger partial charge on any atom is -0.436 e. The van der Waals surface area contributed by atoms with Crippen molar-refractivity contribution in [2.75, 3.05) is 7.05 Å². The highest BCUT2D eigenvalue weighted by atomic mass is 16.3. The number of rotatable bonds is 5. The molecule has 1 heterocycles. The van der Waals surface area contributed by atoms with Gasteiger partial charge < -0.3 is 14.6 Å². The summed E-state index contributed by atoms with van der Waals surface area (Å²) in [7, 11) is 1.86. The Hall–Kier alpha value is -3.15. The Labute approximate surface area is 188 Å². The molecule has 0 saturated heterocycles. The standard InChI is InChI=1S/C26H29N3O3/c1-29(21-15-14-20(16-21)27-24(30)17-6-2-3-7-17)26(31)19-12-10-18(11-13-19)25-28-22-8-4-5-9-23(22)32-25/h4-5,8-13,17,20-21H,2-3,6-7,14-16H2,1H3,(H,27,30)/t20-,21-/m1/s1. The maximum Gasteiger partial charge on any atom is 0.253 e. The van der Waals surface area contributed by atoms with Crippen LogP contribution in [0, 0.1) is 5.92 Å². The molecule has 2 aliphatic carbocycles. The third-order valence-corrected chi connectivity index (χ3v) is 7.02. The van der Waals surface area contributed by atoms with Crippen molar-refractivity contribution in [2.45, 2.75) is 57.0 Å². The van der Waals surface area contributed by atoms with Gasteiger partial charge in [0.05, 0.1) is 0 Å². The first-order valence-electron chi connectivity index (χ1n) is 11.6. The van der Waals surface area contributed by atoms with Gasteiger partial charge in [-0.2, -0.15) is 0 Å². The summed E-state index contributed by atoms with van der Waals surface area (Å²) in [6, 6.07) is 15.4. The molecule has 2 saturated carbocycles. The van der Waals surface area contributed by atoms with E-state index in [-0.39, 0.29) is 29.8 Å². The maximum atomic E-state index is 13.1. The average molecular weight is 432 g/mol. The number of fused-ring (bicyclic) bond motifs is 1. The molecule has 1 aromatic heterocycles. The van der Waals surface area contributed by atoms with E-state index in [0.717, 1.165) is 61.6 Å². The van der Waals surface area contributed by atoms with E-state index < -0.39 is 0 Å². The molecular weight excluding hydrogens is 402 g/mol.